The molecular formula is C63H104O6. The smallest absolute Gasteiger partial charge is 0.306 e. The zero-order valence-electron chi connectivity index (χ0n) is 44.8. The molecule has 0 spiro atoms. The minimum absolute atomic E-state index is 0.0848. The maximum absolute atomic E-state index is 12.8. The van der Waals surface area contributed by atoms with E-state index in [1.807, 2.05) is 0 Å². The number of unbranched alkanes of at least 4 members (excludes halogenated alkanes) is 21. The van der Waals surface area contributed by atoms with Crippen molar-refractivity contribution in [1.82, 2.24) is 0 Å². The maximum atomic E-state index is 12.8. The summed E-state index contributed by atoms with van der Waals surface area (Å²) in [6.07, 6.45) is 76.9. The molecule has 0 radical (unpaired) electrons. The molecule has 0 aliphatic carbocycles. The molecule has 69 heavy (non-hydrogen) atoms. The lowest BCUT2D eigenvalue weighted by Gasteiger charge is -2.18. The van der Waals surface area contributed by atoms with Gasteiger partial charge in [0, 0.05) is 19.3 Å². The van der Waals surface area contributed by atoms with Gasteiger partial charge in [0.1, 0.15) is 13.2 Å². The first-order chi connectivity index (χ1) is 34.0. The molecule has 0 aliphatic rings. The van der Waals surface area contributed by atoms with Crippen LogP contribution >= 0.6 is 0 Å². The Morgan fingerprint density at radius 1 is 0.304 bits per heavy atom. The second-order valence-electron chi connectivity index (χ2n) is 18.4. The van der Waals surface area contributed by atoms with E-state index in [4.69, 9.17) is 14.2 Å². The first kappa shape index (κ1) is 65.1. The molecular weight excluding hydrogens is 853 g/mol. The largest absolute Gasteiger partial charge is 0.462 e. The van der Waals surface area contributed by atoms with Crippen molar-refractivity contribution >= 4 is 17.9 Å². The van der Waals surface area contributed by atoms with Crippen molar-refractivity contribution in [2.75, 3.05) is 13.2 Å². The van der Waals surface area contributed by atoms with Gasteiger partial charge in [-0.25, -0.2) is 0 Å². The molecule has 6 nitrogen and oxygen atoms in total. The first-order valence-electron chi connectivity index (χ1n) is 28.4. The van der Waals surface area contributed by atoms with E-state index in [0.29, 0.717) is 19.3 Å². The lowest BCUT2D eigenvalue weighted by Crippen LogP contribution is -2.30. The molecule has 0 rings (SSSR count). The van der Waals surface area contributed by atoms with Crippen molar-refractivity contribution in [2.24, 2.45) is 0 Å². The van der Waals surface area contributed by atoms with Gasteiger partial charge in [0.15, 0.2) is 6.10 Å². The van der Waals surface area contributed by atoms with E-state index in [-0.39, 0.29) is 31.1 Å². The van der Waals surface area contributed by atoms with Gasteiger partial charge < -0.3 is 14.2 Å². The normalized spacial score (nSPS) is 12.9. The van der Waals surface area contributed by atoms with Crippen molar-refractivity contribution in [2.45, 2.75) is 258 Å². The van der Waals surface area contributed by atoms with E-state index >= 15 is 0 Å². The molecule has 6 heteroatoms. The summed E-state index contributed by atoms with van der Waals surface area (Å²) in [5.41, 5.74) is 0. The Kier molecular flexibility index (Phi) is 53.4. The van der Waals surface area contributed by atoms with Crippen LogP contribution in [0.2, 0.25) is 0 Å². The summed E-state index contributed by atoms with van der Waals surface area (Å²) >= 11 is 0. The van der Waals surface area contributed by atoms with E-state index in [1.165, 1.54) is 77.0 Å². The Labute approximate surface area is 425 Å². The molecule has 0 aliphatic heterocycles. The fraction of sp³-hybridized carbons (Fsp3) is 0.667. The molecule has 392 valence electrons. The molecule has 0 saturated carbocycles. The number of ether oxygens (including phenoxy) is 3. The van der Waals surface area contributed by atoms with Crippen LogP contribution in [0.3, 0.4) is 0 Å². The Morgan fingerprint density at radius 2 is 0.565 bits per heavy atom. The average molecular weight is 958 g/mol. The van der Waals surface area contributed by atoms with Crippen LogP contribution in [0.1, 0.15) is 252 Å². The average Bonchev–Trinajstić information content (AvgIpc) is 3.35. The zero-order chi connectivity index (χ0) is 50.0. The highest BCUT2D eigenvalue weighted by molar-refractivity contribution is 5.71. The number of rotatable bonds is 50. The summed E-state index contributed by atoms with van der Waals surface area (Å²) in [6, 6.07) is 0. The van der Waals surface area contributed by atoms with Crippen LogP contribution in [0.15, 0.2) is 109 Å². The molecule has 0 saturated heterocycles. The van der Waals surface area contributed by atoms with Gasteiger partial charge in [0.2, 0.25) is 0 Å². The molecule has 0 N–H and O–H groups in total. The molecule has 0 bridgehead atoms. The van der Waals surface area contributed by atoms with Gasteiger partial charge in [0.25, 0.3) is 0 Å². The van der Waals surface area contributed by atoms with Gasteiger partial charge in [-0.2, -0.15) is 0 Å². The summed E-state index contributed by atoms with van der Waals surface area (Å²) < 4.78 is 16.7. The number of hydrogen-bond acceptors (Lipinski definition) is 6. The summed E-state index contributed by atoms with van der Waals surface area (Å²) in [5.74, 6) is -0.914. The Bertz CT molecular complexity index is 1420. The Balaban J connectivity index is 4.14. The van der Waals surface area contributed by atoms with E-state index in [9.17, 15) is 14.4 Å². The summed E-state index contributed by atoms with van der Waals surface area (Å²) in [5, 5.41) is 0. The molecule has 0 aromatic heterocycles. The molecule has 1 unspecified atom stereocenters. The highest BCUT2D eigenvalue weighted by Crippen LogP contribution is 2.15. The lowest BCUT2D eigenvalue weighted by molar-refractivity contribution is -0.167. The predicted octanol–water partition coefficient (Wildman–Crippen LogP) is 19.1. The monoisotopic (exact) mass is 957 g/mol. The standard InChI is InChI=1S/C63H104O6/c1-4-7-10-13-15-17-19-21-23-25-27-29-30-31-32-34-35-37-39-41-43-45-47-50-53-56-62(65)68-59-60(58-67-61(64)55-52-49-12-9-6-3)69-63(66)57-54-51-48-46-44-42-40-38-36-33-28-26-24-22-20-18-16-14-11-8-5-2/h7-8,10-11,15-18,21-24,27-29,31-33,60H,4-6,9,12-14,19-20,25-26,30,34-59H2,1-3H3/b10-7-,11-8-,17-15-,18-16-,23-21-,24-22-,29-27-,32-31-,33-28-. The van der Waals surface area contributed by atoms with Crippen LogP contribution in [0.5, 0.6) is 0 Å². The third-order valence-electron chi connectivity index (χ3n) is 11.8. The molecule has 0 aromatic rings. The second kappa shape index (κ2) is 56.7. The summed E-state index contributed by atoms with van der Waals surface area (Å²) in [6.45, 7) is 6.32. The fourth-order valence-electron chi connectivity index (χ4n) is 7.58. The van der Waals surface area contributed by atoms with Crippen LogP contribution in [0.25, 0.3) is 0 Å². The van der Waals surface area contributed by atoms with E-state index in [0.717, 1.165) is 135 Å². The fourth-order valence-corrected chi connectivity index (χ4v) is 7.58. The minimum Gasteiger partial charge on any atom is -0.462 e. The zero-order valence-corrected chi connectivity index (χ0v) is 44.8. The van der Waals surface area contributed by atoms with Crippen molar-refractivity contribution < 1.29 is 28.6 Å². The van der Waals surface area contributed by atoms with Gasteiger partial charge >= 0.3 is 17.9 Å². The van der Waals surface area contributed by atoms with E-state index in [1.54, 1.807) is 0 Å². The van der Waals surface area contributed by atoms with Gasteiger partial charge in [-0.05, 0) is 103 Å². The number of esters is 3. The van der Waals surface area contributed by atoms with Gasteiger partial charge in [-0.3, -0.25) is 14.4 Å². The predicted molar refractivity (Wildman–Crippen MR) is 297 cm³/mol. The van der Waals surface area contributed by atoms with Gasteiger partial charge in [0.05, 0.1) is 0 Å². The molecule has 0 amide bonds. The van der Waals surface area contributed by atoms with Crippen molar-refractivity contribution in [1.29, 1.82) is 0 Å². The van der Waals surface area contributed by atoms with Crippen molar-refractivity contribution in [3.05, 3.63) is 109 Å². The molecule has 0 aromatic carbocycles. The number of allylic oxidation sites excluding steroid dienone is 18. The van der Waals surface area contributed by atoms with Crippen LogP contribution < -0.4 is 0 Å². The number of carbonyl (C=O) groups excluding carboxylic acids is 3. The summed E-state index contributed by atoms with van der Waals surface area (Å²) in [7, 11) is 0. The Morgan fingerprint density at radius 3 is 0.884 bits per heavy atom. The van der Waals surface area contributed by atoms with E-state index < -0.39 is 6.10 Å². The molecule has 0 fully saturated rings. The van der Waals surface area contributed by atoms with Crippen molar-refractivity contribution in [3.8, 4) is 0 Å². The minimum atomic E-state index is -0.783. The quantitative estimate of drug-likeness (QED) is 0.0262. The highest BCUT2D eigenvalue weighted by Gasteiger charge is 2.19. The van der Waals surface area contributed by atoms with Gasteiger partial charge in [-0.1, -0.05) is 239 Å². The number of hydrogen-bond donors (Lipinski definition) is 0. The topological polar surface area (TPSA) is 78.9 Å². The summed E-state index contributed by atoms with van der Waals surface area (Å²) in [4.78, 5) is 37.8. The SMILES string of the molecule is CC/C=C\C/C=C\C/C=C\C/C=C\C/C=C\CCCCCCCCCCCC(=O)OCC(COC(=O)CCCCCCC)OC(=O)CCCCCCCCCC/C=C\C/C=C\C/C=C\C/C=C\CC. The third-order valence-corrected chi connectivity index (χ3v) is 11.8. The van der Waals surface area contributed by atoms with E-state index in [2.05, 4.69) is 130 Å². The molecule has 1 atom stereocenters. The molecule has 0 heterocycles. The Hall–Kier alpha value is -3.93. The number of carbonyl (C=O) groups is 3. The maximum Gasteiger partial charge on any atom is 0.306 e. The van der Waals surface area contributed by atoms with Crippen LogP contribution in [-0.2, 0) is 28.6 Å². The second-order valence-corrected chi connectivity index (χ2v) is 18.4. The third kappa shape index (κ3) is 54.9. The lowest BCUT2D eigenvalue weighted by atomic mass is 10.1. The van der Waals surface area contributed by atoms with Crippen LogP contribution in [0, 0.1) is 0 Å². The van der Waals surface area contributed by atoms with Crippen molar-refractivity contribution in [3.63, 3.8) is 0 Å². The van der Waals surface area contributed by atoms with Crippen LogP contribution in [-0.4, -0.2) is 37.2 Å². The van der Waals surface area contributed by atoms with Crippen LogP contribution in [0.4, 0.5) is 0 Å². The highest BCUT2D eigenvalue weighted by atomic mass is 16.6. The van der Waals surface area contributed by atoms with Gasteiger partial charge in [-0.15, -0.1) is 0 Å². The first-order valence-corrected chi connectivity index (χ1v) is 28.4.